The predicted octanol–water partition coefficient (Wildman–Crippen LogP) is 1.98. The Kier molecular flexibility index (Phi) is 5.61. The molecule has 1 saturated heterocycles. The second-order valence-electron chi connectivity index (χ2n) is 5.74. The summed E-state index contributed by atoms with van der Waals surface area (Å²) in [5, 5.41) is 9.08. The number of esters is 1. The zero-order valence-corrected chi connectivity index (χ0v) is 14.4. The van der Waals surface area contributed by atoms with E-state index in [1.54, 1.807) is 0 Å². The average molecular weight is 395 g/mol. The molecule has 0 spiro atoms. The first-order chi connectivity index (χ1) is 12.0. The minimum absolute atomic E-state index is 0.0526. The Bertz CT molecular complexity index is 821. The summed E-state index contributed by atoms with van der Waals surface area (Å²) in [6.45, 7) is -0.433. The number of alkyl halides is 3. The summed E-state index contributed by atoms with van der Waals surface area (Å²) in [6.07, 6.45) is -4.32. The molecule has 1 fully saturated rings. The molecule has 2 rings (SSSR count). The van der Waals surface area contributed by atoms with Crippen LogP contribution in [-0.2, 0) is 25.7 Å². The fourth-order valence-corrected chi connectivity index (χ4v) is 4.42. The number of sulfonamides is 1. The highest BCUT2D eigenvalue weighted by atomic mass is 32.2. The number of carboxylic acids is 1. The topological polar surface area (TPSA) is 101 Å². The Balaban J connectivity index is 2.55. The quantitative estimate of drug-likeness (QED) is 0.783. The van der Waals surface area contributed by atoms with Crippen LogP contribution < -0.4 is 0 Å². The normalized spacial score (nSPS) is 19.2. The van der Waals surface area contributed by atoms with Gasteiger partial charge < -0.3 is 9.84 Å². The maximum atomic E-state index is 13.0. The third-order valence-electron chi connectivity index (χ3n) is 4.07. The van der Waals surface area contributed by atoms with E-state index in [2.05, 4.69) is 4.74 Å². The number of hydrogen-bond donors (Lipinski definition) is 1. The van der Waals surface area contributed by atoms with E-state index in [4.69, 9.17) is 5.11 Å². The molecule has 0 bridgehead atoms. The van der Waals surface area contributed by atoms with Crippen molar-refractivity contribution in [2.45, 2.75) is 23.9 Å². The highest BCUT2D eigenvalue weighted by Gasteiger charge is 2.38. The molecule has 0 saturated carbocycles. The van der Waals surface area contributed by atoms with Gasteiger partial charge in [-0.2, -0.15) is 17.5 Å². The molecule has 144 valence electrons. The first-order valence-electron chi connectivity index (χ1n) is 7.51. The first-order valence-corrected chi connectivity index (χ1v) is 8.95. The fraction of sp³-hybridized carbons (Fsp3) is 0.467. The molecule has 1 unspecified atom stereocenters. The van der Waals surface area contributed by atoms with Crippen molar-refractivity contribution in [2.24, 2.45) is 5.92 Å². The van der Waals surface area contributed by atoms with Crippen LogP contribution in [-0.4, -0.2) is 50.0 Å². The molecule has 1 heterocycles. The zero-order chi connectivity index (χ0) is 19.7. The van der Waals surface area contributed by atoms with Crippen molar-refractivity contribution >= 4 is 22.0 Å². The van der Waals surface area contributed by atoms with Gasteiger partial charge in [0.15, 0.2) is 0 Å². The molecular formula is C15H16F3NO6S. The van der Waals surface area contributed by atoms with Crippen molar-refractivity contribution in [3.8, 4) is 0 Å². The van der Waals surface area contributed by atoms with E-state index in [-0.39, 0.29) is 25.9 Å². The second-order valence-corrected chi connectivity index (χ2v) is 7.65. The molecule has 7 nitrogen and oxygen atoms in total. The third-order valence-corrected chi connectivity index (χ3v) is 5.97. The number of hydrogen-bond acceptors (Lipinski definition) is 5. The fourth-order valence-electron chi connectivity index (χ4n) is 2.69. The highest BCUT2D eigenvalue weighted by Crippen LogP contribution is 2.34. The lowest BCUT2D eigenvalue weighted by Gasteiger charge is -2.30. The van der Waals surface area contributed by atoms with Gasteiger partial charge in [0.25, 0.3) is 0 Å². The molecule has 1 aliphatic heterocycles. The van der Waals surface area contributed by atoms with E-state index >= 15 is 0 Å². The molecule has 0 radical (unpaired) electrons. The minimum atomic E-state index is -4.82. The molecule has 26 heavy (non-hydrogen) atoms. The van der Waals surface area contributed by atoms with Gasteiger partial charge in [0.05, 0.1) is 29.1 Å². The number of ether oxygens (including phenoxy) is 1. The SMILES string of the molecule is COC(=O)c1ccc(C(F)(F)F)cc1S(=O)(=O)N1CCCC(C(=O)O)C1. The number of rotatable bonds is 4. The van der Waals surface area contributed by atoms with E-state index in [0.29, 0.717) is 12.1 Å². The van der Waals surface area contributed by atoms with Crippen molar-refractivity contribution < 1.29 is 41.0 Å². The van der Waals surface area contributed by atoms with Crippen molar-refractivity contribution in [3.63, 3.8) is 0 Å². The first kappa shape index (κ1) is 20.2. The number of methoxy groups -OCH3 is 1. The number of piperidine rings is 1. The van der Waals surface area contributed by atoms with Crippen LogP contribution in [0.2, 0.25) is 0 Å². The van der Waals surface area contributed by atoms with Crippen LogP contribution in [0.25, 0.3) is 0 Å². The van der Waals surface area contributed by atoms with Crippen LogP contribution in [0, 0.1) is 5.92 Å². The van der Waals surface area contributed by atoms with Crippen molar-refractivity contribution in [1.82, 2.24) is 4.31 Å². The number of nitrogens with zero attached hydrogens (tertiary/aromatic N) is 1. The Morgan fingerprint density at radius 2 is 1.96 bits per heavy atom. The van der Waals surface area contributed by atoms with Gasteiger partial charge in [-0.15, -0.1) is 0 Å². The van der Waals surface area contributed by atoms with E-state index in [1.807, 2.05) is 0 Å². The third kappa shape index (κ3) is 3.98. The monoisotopic (exact) mass is 395 g/mol. The Morgan fingerprint density at radius 3 is 2.50 bits per heavy atom. The standard InChI is InChI=1S/C15H16F3NO6S/c1-25-14(22)11-5-4-10(15(16,17)18)7-12(11)26(23,24)19-6-2-3-9(8-19)13(20)21/h4-5,7,9H,2-3,6,8H2,1H3,(H,20,21). The minimum Gasteiger partial charge on any atom is -0.481 e. The van der Waals surface area contributed by atoms with Gasteiger partial charge in [-0.25, -0.2) is 13.2 Å². The van der Waals surface area contributed by atoms with Crippen LogP contribution in [0.4, 0.5) is 13.2 Å². The summed E-state index contributed by atoms with van der Waals surface area (Å²) in [5.41, 5.74) is -1.78. The van der Waals surface area contributed by atoms with Crippen LogP contribution in [0.5, 0.6) is 0 Å². The second kappa shape index (κ2) is 7.23. The summed E-state index contributed by atoms with van der Waals surface area (Å²) in [6, 6.07) is 1.69. The molecular weight excluding hydrogens is 379 g/mol. The molecule has 1 aromatic carbocycles. The van der Waals surface area contributed by atoms with Crippen molar-refractivity contribution in [1.29, 1.82) is 0 Å². The Hall–Kier alpha value is -2.14. The van der Waals surface area contributed by atoms with Gasteiger partial charge in [0.2, 0.25) is 10.0 Å². The zero-order valence-electron chi connectivity index (χ0n) is 13.6. The van der Waals surface area contributed by atoms with Crippen LogP contribution in [0.3, 0.4) is 0 Å². The van der Waals surface area contributed by atoms with Gasteiger partial charge in [-0.1, -0.05) is 0 Å². The summed E-state index contributed by atoms with van der Waals surface area (Å²) in [4.78, 5) is 22.1. The van der Waals surface area contributed by atoms with E-state index in [9.17, 15) is 31.2 Å². The highest BCUT2D eigenvalue weighted by molar-refractivity contribution is 7.89. The smallest absolute Gasteiger partial charge is 0.416 e. The number of aliphatic carboxylic acids is 1. The Labute approximate surface area is 147 Å². The van der Waals surface area contributed by atoms with E-state index < -0.39 is 50.1 Å². The van der Waals surface area contributed by atoms with E-state index in [0.717, 1.165) is 17.5 Å². The Morgan fingerprint density at radius 1 is 1.31 bits per heavy atom. The van der Waals surface area contributed by atoms with Crippen LogP contribution >= 0.6 is 0 Å². The van der Waals surface area contributed by atoms with Gasteiger partial charge in [-0.3, -0.25) is 4.79 Å². The summed E-state index contributed by atoms with van der Waals surface area (Å²) in [5.74, 6) is -3.27. The van der Waals surface area contributed by atoms with E-state index in [1.165, 1.54) is 0 Å². The number of halogens is 3. The van der Waals surface area contributed by atoms with Crippen LogP contribution in [0.15, 0.2) is 23.1 Å². The van der Waals surface area contributed by atoms with Crippen molar-refractivity contribution in [3.05, 3.63) is 29.3 Å². The molecule has 1 aromatic rings. The molecule has 0 aromatic heterocycles. The predicted molar refractivity (Wildman–Crippen MR) is 81.9 cm³/mol. The average Bonchev–Trinajstić information content (AvgIpc) is 2.59. The summed E-state index contributed by atoms with van der Waals surface area (Å²) < 4.78 is 69.8. The number of benzene rings is 1. The number of carbonyl (C=O) groups is 2. The lowest BCUT2D eigenvalue weighted by atomic mass is 10.0. The largest absolute Gasteiger partial charge is 0.481 e. The van der Waals surface area contributed by atoms with Gasteiger partial charge in [0.1, 0.15) is 0 Å². The van der Waals surface area contributed by atoms with Crippen LogP contribution in [0.1, 0.15) is 28.8 Å². The maximum Gasteiger partial charge on any atom is 0.416 e. The van der Waals surface area contributed by atoms with Gasteiger partial charge in [0, 0.05) is 13.1 Å². The van der Waals surface area contributed by atoms with Gasteiger partial charge >= 0.3 is 18.1 Å². The maximum absolute atomic E-state index is 13.0. The molecule has 0 amide bonds. The molecule has 1 atom stereocenters. The molecule has 0 aliphatic carbocycles. The lowest BCUT2D eigenvalue weighted by Crippen LogP contribution is -2.42. The lowest BCUT2D eigenvalue weighted by molar-refractivity contribution is -0.143. The number of carboxylic acid groups (broad SMARTS) is 1. The van der Waals surface area contributed by atoms with Crippen molar-refractivity contribution in [2.75, 3.05) is 20.2 Å². The van der Waals surface area contributed by atoms with Gasteiger partial charge in [-0.05, 0) is 31.0 Å². The number of carbonyl (C=O) groups excluding carboxylic acids is 1. The molecule has 1 aliphatic rings. The molecule has 1 N–H and O–H groups in total. The summed E-state index contributed by atoms with van der Waals surface area (Å²) in [7, 11) is -3.56. The molecule has 11 heteroatoms. The summed E-state index contributed by atoms with van der Waals surface area (Å²) >= 11 is 0.